The van der Waals surface area contributed by atoms with Gasteiger partial charge >= 0.3 is 12.0 Å². The summed E-state index contributed by atoms with van der Waals surface area (Å²) >= 11 is 0. The van der Waals surface area contributed by atoms with Crippen molar-refractivity contribution in [2.45, 2.75) is 31.8 Å². The number of carbonyl (C=O) groups excluding carboxylic acids is 2. The minimum atomic E-state index is -1.84. The second-order valence-electron chi connectivity index (χ2n) is 8.75. The highest BCUT2D eigenvalue weighted by molar-refractivity contribution is 6.00. The predicted octanol–water partition coefficient (Wildman–Crippen LogP) is 4.95. The quantitative estimate of drug-likeness (QED) is 0.323. The number of ketones is 1. The topological polar surface area (TPSA) is 117 Å². The molecule has 3 aromatic rings. The Morgan fingerprint density at radius 2 is 1.74 bits per heavy atom. The fraction of sp³-hybridized carbons (Fsp3) is 0.250. The molecular weight excluding hydrogens is 493 g/mol. The van der Waals surface area contributed by atoms with Crippen molar-refractivity contribution in [1.82, 2.24) is 4.90 Å². The zero-order chi connectivity index (χ0) is 27.1. The monoisotopic (exact) mass is 521 g/mol. The number of alkyl halides is 1. The number of Topliss-reactive ketones (excluding diaryl/α,β-unsaturated/α-hetero) is 1. The van der Waals surface area contributed by atoms with Crippen molar-refractivity contribution in [3.63, 3.8) is 0 Å². The average molecular weight is 522 g/mol. The fourth-order valence-corrected chi connectivity index (χ4v) is 4.29. The van der Waals surface area contributed by atoms with Crippen LogP contribution in [0, 0.1) is 0 Å². The number of hydrogen-bond acceptors (Lipinski definition) is 6. The molecule has 38 heavy (non-hydrogen) atoms. The molecule has 0 aromatic heterocycles. The van der Waals surface area contributed by atoms with Crippen molar-refractivity contribution in [2.75, 3.05) is 24.3 Å². The summed E-state index contributed by atoms with van der Waals surface area (Å²) in [4.78, 5) is 37.7. The number of anilines is 2. The first-order valence-corrected chi connectivity index (χ1v) is 12.1. The first kappa shape index (κ1) is 26.6. The van der Waals surface area contributed by atoms with Gasteiger partial charge in [-0.2, -0.15) is 4.39 Å². The van der Waals surface area contributed by atoms with E-state index >= 15 is 0 Å². The van der Waals surface area contributed by atoms with E-state index in [-0.39, 0.29) is 23.5 Å². The number of carboxylic acids is 1. The van der Waals surface area contributed by atoms with E-state index in [0.717, 1.165) is 5.56 Å². The van der Waals surface area contributed by atoms with Gasteiger partial charge < -0.3 is 25.2 Å². The zero-order valence-electron chi connectivity index (χ0n) is 20.7. The van der Waals surface area contributed by atoms with E-state index in [1.165, 1.54) is 36.3 Å². The molecule has 0 radical (unpaired) electrons. The van der Waals surface area contributed by atoms with Crippen molar-refractivity contribution >= 4 is 29.2 Å². The van der Waals surface area contributed by atoms with Crippen molar-refractivity contribution < 1.29 is 33.4 Å². The van der Waals surface area contributed by atoms with Crippen LogP contribution in [0.4, 0.5) is 20.6 Å². The number of benzene rings is 3. The lowest BCUT2D eigenvalue weighted by molar-refractivity contribution is -0.133. The maximum absolute atomic E-state index is 15.0. The number of likely N-dealkylation sites (tertiary alicyclic amines) is 1. The highest BCUT2D eigenvalue weighted by Crippen LogP contribution is 2.26. The van der Waals surface area contributed by atoms with Gasteiger partial charge in [-0.05, 0) is 66.9 Å². The lowest BCUT2D eigenvalue weighted by Crippen LogP contribution is -2.44. The second-order valence-corrected chi connectivity index (χ2v) is 8.75. The van der Waals surface area contributed by atoms with E-state index in [9.17, 15) is 18.8 Å². The molecule has 1 aliphatic heterocycles. The van der Waals surface area contributed by atoms with Crippen LogP contribution in [-0.4, -0.2) is 54.0 Å². The van der Waals surface area contributed by atoms with E-state index in [0.29, 0.717) is 36.5 Å². The van der Waals surface area contributed by atoms with Crippen LogP contribution in [0.25, 0.3) is 0 Å². The number of amides is 2. The number of carbonyl (C=O) groups is 3. The number of rotatable bonds is 10. The molecule has 0 aliphatic carbocycles. The van der Waals surface area contributed by atoms with Crippen LogP contribution in [0.15, 0.2) is 72.8 Å². The van der Waals surface area contributed by atoms with Gasteiger partial charge in [0.15, 0.2) is 5.78 Å². The third kappa shape index (κ3) is 6.65. The Morgan fingerprint density at radius 1 is 1.03 bits per heavy atom. The van der Waals surface area contributed by atoms with Gasteiger partial charge in [0.05, 0.1) is 24.4 Å². The van der Waals surface area contributed by atoms with E-state index in [2.05, 4.69) is 10.6 Å². The number of halogens is 1. The molecular formula is C28H28FN3O6. The van der Waals surface area contributed by atoms with Crippen molar-refractivity contribution in [1.29, 1.82) is 0 Å². The Morgan fingerprint density at radius 3 is 2.42 bits per heavy atom. The molecule has 0 bridgehead atoms. The lowest BCUT2D eigenvalue weighted by atomic mass is 10.0. The summed E-state index contributed by atoms with van der Waals surface area (Å²) in [6.45, 7) is -1.47. The molecule has 9 nitrogen and oxygen atoms in total. The summed E-state index contributed by atoms with van der Waals surface area (Å²) in [5.41, 5.74) is 1.88. The van der Waals surface area contributed by atoms with Crippen LogP contribution in [0.2, 0.25) is 0 Å². The molecule has 0 unspecified atom stereocenters. The number of carboxylic acid groups (broad SMARTS) is 1. The Labute approximate surface area is 219 Å². The Hall–Kier alpha value is -4.44. The predicted molar refractivity (Wildman–Crippen MR) is 139 cm³/mol. The summed E-state index contributed by atoms with van der Waals surface area (Å²) in [7, 11) is 1.52. The highest BCUT2D eigenvalue weighted by Gasteiger charge is 2.36. The number of nitrogens with one attached hydrogen (secondary N) is 2. The molecule has 1 saturated heterocycles. The molecule has 1 fully saturated rings. The number of para-hydroxylation sites is 2. The van der Waals surface area contributed by atoms with Crippen molar-refractivity contribution in [3.8, 4) is 11.5 Å². The zero-order valence-corrected chi connectivity index (χ0v) is 20.7. The molecule has 0 saturated carbocycles. The maximum atomic E-state index is 15.0. The van der Waals surface area contributed by atoms with Gasteiger partial charge in [0, 0.05) is 18.7 Å². The van der Waals surface area contributed by atoms with Gasteiger partial charge in [0.1, 0.15) is 11.5 Å². The molecule has 0 spiro atoms. The fourth-order valence-electron chi connectivity index (χ4n) is 4.29. The van der Waals surface area contributed by atoms with Crippen LogP contribution in [0.3, 0.4) is 0 Å². The summed E-state index contributed by atoms with van der Waals surface area (Å²) in [6, 6.07) is 18.3. The first-order chi connectivity index (χ1) is 18.3. The van der Waals surface area contributed by atoms with Crippen molar-refractivity contribution in [3.05, 3.63) is 83.9 Å². The van der Waals surface area contributed by atoms with E-state index in [4.69, 9.17) is 14.6 Å². The normalized spacial score (nSPS) is 15.9. The van der Waals surface area contributed by atoms with Gasteiger partial charge in [0.25, 0.3) is 6.48 Å². The number of nitrogens with zero attached hydrogens (tertiary/aromatic N) is 1. The van der Waals surface area contributed by atoms with E-state index in [1.807, 2.05) is 0 Å². The number of aromatic carboxylic acids is 1. The molecule has 2 atom stereocenters. The number of methoxy groups -OCH3 is 1. The molecule has 198 valence electrons. The van der Waals surface area contributed by atoms with E-state index in [1.54, 1.807) is 48.5 Å². The number of hydrogen-bond donors (Lipinski definition) is 3. The average Bonchev–Trinajstić information content (AvgIpc) is 3.41. The Balaban J connectivity index is 1.31. The van der Waals surface area contributed by atoms with Crippen LogP contribution in [-0.2, 0) is 11.2 Å². The van der Waals surface area contributed by atoms with Gasteiger partial charge in [-0.15, -0.1) is 0 Å². The maximum Gasteiger partial charge on any atom is 0.335 e. The SMILES string of the molecule is COc1ccccc1NC(=O)Nc1ccc(CC(=O)[C@@H]2CCCN2[C@H](F)Oc2ccc(C(=O)O)cc2)cc1. The number of ether oxygens (including phenoxy) is 2. The van der Waals surface area contributed by atoms with Crippen LogP contribution in [0.5, 0.6) is 11.5 Å². The summed E-state index contributed by atoms with van der Waals surface area (Å²) in [6.07, 6.45) is 1.28. The first-order valence-electron chi connectivity index (χ1n) is 12.1. The lowest BCUT2D eigenvalue weighted by Gasteiger charge is -2.27. The molecule has 10 heteroatoms. The van der Waals surface area contributed by atoms with Crippen molar-refractivity contribution in [2.24, 2.45) is 0 Å². The molecule has 2 amide bonds. The molecule has 3 N–H and O–H groups in total. The second kappa shape index (κ2) is 12.2. The number of urea groups is 1. The van der Waals surface area contributed by atoms with Gasteiger partial charge in [-0.25, -0.2) is 14.5 Å². The minimum Gasteiger partial charge on any atom is -0.495 e. The summed E-state index contributed by atoms with van der Waals surface area (Å²) in [5.74, 6) is -0.504. The van der Waals surface area contributed by atoms with Gasteiger partial charge in [-0.1, -0.05) is 24.3 Å². The van der Waals surface area contributed by atoms with Crippen LogP contribution >= 0.6 is 0 Å². The highest BCUT2D eigenvalue weighted by atomic mass is 19.1. The van der Waals surface area contributed by atoms with Crippen LogP contribution < -0.4 is 20.1 Å². The van der Waals surface area contributed by atoms with E-state index < -0.39 is 24.5 Å². The third-order valence-corrected chi connectivity index (χ3v) is 6.21. The smallest absolute Gasteiger partial charge is 0.335 e. The van der Waals surface area contributed by atoms with Gasteiger partial charge in [0.2, 0.25) is 0 Å². The Kier molecular flexibility index (Phi) is 8.55. The van der Waals surface area contributed by atoms with Gasteiger partial charge in [-0.3, -0.25) is 4.79 Å². The minimum absolute atomic E-state index is 0.0697. The summed E-state index contributed by atoms with van der Waals surface area (Å²) < 4.78 is 25.5. The molecule has 1 heterocycles. The standard InChI is InChI=1S/C28H28FN3O6/c1-37-25-7-3-2-5-22(25)31-28(36)30-20-12-8-18(9-13-20)17-24(33)23-6-4-16-32(23)27(29)38-21-14-10-19(11-15-21)26(34)35/h2-3,5,7-15,23,27H,4,6,16-17H2,1H3,(H,34,35)(H2,30,31,36)/t23-,27-/m0/s1. The molecule has 1 aliphatic rings. The third-order valence-electron chi connectivity index (χ3n) is 6.21. The summed E-state index contributed by atoms with van der Waals surface area (Å²) in [5, 5.41) is 14.4. The Bertz CT molecular complexity index is 1280. The molecule has 3 aromatic carbocycles. The molecule has 4 rings (SSSR count). The largest absolute Gasteiger partial charge is 0.495 e. The van der Waals surface area contributed by atoms with Crippen LogP contribution in [0.1, 0.15) is 28.8 Å².